The van der Waals surface area contributed by atoms with Gasteiger partial charge in [-0.3, -0.25) is 0 Å². The molecule has 0 amide bonds. The molecule has 3 aromatic rings. The topological polar surface area (TPSA) is 15.8 Å². The summed E-state index contributed by atoms with van der Waals surface area (Å²) in [6.07, 6.45) is 0. The van der Waals surface area contributed by atoms with Crippen LogP contribution in [-0.2, 0) is 0 Å². The number of H-pyrrole nitrogens is 1. The molecule has 0 radical (unpaired) electrons. The Balaban J connectivity index is 2.53. The number of aromatic amines is 1. The zero-order valence-corrected chi connectivity index (χ0v) is 9.89. The summed E-state index contributed by atoms with van der Waals surface area (Å²) in [7, 11) is 0. The van der Waals surface area contributed by atoms with Crippen molar-refractivity contribution in [2.24, 2.45) is 0 Å². The van der Waals surface area contributed by atoms with E-state index in [2.05, 4.69) is 56.1 Å². The minimum atomic E-state index is 1.23. The van der Waals surface area contributed by atoms with Crippen LogP contribution >= 0.6 is 0 Å². The van der Waals surface area contributed by atoms with Gasteiger partial charge in [-0.15, -0.1) is 0 Å². The van der Waals surface area contributed by atoms with Gasteiger partial charge in [-0.25, -0.2) is 0 Å². The van der Waals surface area contributed by atoms with E-state index in [1.807, 2.05) is 0 Å². The molecular formula is C15H15N. The molecule has 80 valence electrons. The Morgan fingerprint density at radius 2 is 1.44 bits per heavy atom. The van der Waals surface area contributed by atoms with E-state index in [-0.39, 0.29) is 0 Å². The van der Waals surface area contributed by atoms with Crippen molar-refractivity contribution in [1.29, 1.82) is 0 Å². The third-order valence-corrected chi connectivity index (χ3v) is 3.37. The first kappa shape index (κ1) is 9.46. The van der Waals surface area contributed by atoms with Crippen LogP contribution in [0.3, 0.4) is 0 Å². The van der Waals surface area contributed by atoms with Gasteiger partial charge in [-0.2, -0.15) is 0 Å². The van der Waals surface area contributed by atoms with Gasteiger partial charge in [0.05, 0.1) is 0 Å². The molecule has 0 aliphatic rings. The molecule has 1 N–H and O–H groups in total. The predicted molar refractivity (Wildman–Crippen MR) is 70.0 cm³/mol. The van der Waals surface area contributed by atoms with Crippen molar-refractivity contribution in [3.63, 3.8) is 0 Å². The highest BCUT2D eigenvalue weighted by molar-refractivity contribution is 6.07. The molecule has 0 spiro atoms. The van der Waals surface area contributed by atoms with E-state index >= 15 is 0 Å². The second-order valence-corrected chi connectivity index (χ2v) is 4.66. The van der Waals surface area contributed by atoms with E-state index in [9.17, 15) is 0 Å². The third-order valence-electron chi connectivity index (χ3n) is 3.37. The van der Waals surface area contributed by atoms with E-state index in [0.717, 1.165) is 0 Å². The average molecular weight is 209 g/mol. The molecule has 0 unspecified atom stereocenters. The zero-order valence-electron chi connectivity index (χ0n) is 9.89. The Morgan fingerprint density at radius 1 is 0.750 bits per heavy atom. The monoisotopic (exact) mass is 209 g/mol. The minimum Gasteiger partial charge on any atom is -0.355 e. The van der Waals surface area contributed by atoms with Crippen LogP contribution < -0.4 is 0 Å². The van der Waals surface area contributed by atoms with Crippen LogP contribution in [0, 0.1) is 20.8 Å². The lowest BCUT2D eigenvalue weighted by atomic mass is 10.0. The highest BCUT2D eigenvalue weighted by Gasteiger charge is 2.05. The third kappa shape index (κ3) is 1.25. The molecule has 16 heavy (non-hydrogen) atoms. The maximum atomic E-state index is 3.47. The van der Waals surface area contributed by atoms with Crippen molar-refractivity contribution in [2.45, 2.75) is 20.8 Å². The molecule has 1 nitrogen and oxygen atoms in total. The van der Waals surface area contributed by atoms with Crippen LogP contribution in [0.4, 0.5) is 0 Å². The molecule has 1 heteroatoms. The first-order valence-corrected chi connectivity index (χ1v) is 5.64. The second-order valence-electron chi connectivity index (χ2n) is 4.66. The minimum absolute atomic E-state index is 1.23. The molecule has 3 rings (SSSR count). The molecule has 2 aromatic carbocycles. The number of aromatic nitrogens is 1. The van der Waals surface area contributed by atoms with E-state index in [1.54, 1.807) is 0 Å². The number of nitrogens with one attached hydrogen (secondary N) is 1. The summed E-state index contributed by atoms with van der Waals surface area (Å²) < 4.78 is 0. The number of hydrogen-bond acceptors (Lipinski definition) is 0. The van der Waals surface area contributed by atoms with E-state index in [4.69, 9.17) is 0 Å². The molecule has 0 aliphatic heterocycles. The van der Waals surface area contributed by atoms with Crippen molar-refractivity contribution < 1.29 is 0 Å². The zero-order chi connectivity index (χ0) is 11.3. The number of aryl methyl sites for hydroxylation is 3. The Hall–Kier alpha value is -1.76. The largest absolute Gasteiger partial charge is 0.355 e. The molecule has 0 fully saturated rings. The van der Waals surface area contributed by atoms with Crippen LogP contribution in [0.5, 0.6) is 0 Å². The SMILES string of the molecule is Cc1ccc2[nH]c3cc(C)c(C)cc3c2c1. The fourth-order valence-electron chi connectivity index (χ4n) is 2.28. The van der Waals surface area contributed by atoms with Gasteiger partial charge in [0.25, 0.3) is 0 Å². The first-order chi connectivity index (χ1) is 7.65. The average Bonchev–Trinajstić information content (AvgIpc) is 2.57. The summed E-state index contributed by atoms with van der Waals surface area (Å²) in [6, 6.07) is 11.1. The Kier molecular flexibility index (Phi) is 1.84. The first-order valence-electron chi connectivity index (χ1n) is 5.64. The predicted octanol–water partition coefficient (Wildman–Crippen LogP) is 4.25. The molecule has 0 aliphatic carbocycles. The molecule has 0 saturated carbocycles. The lowest BCUT2D eigenvalue weighted by molar-refractivity contribution is 1.36. The Labute approximate surface area is 95.1 Å². The second kappa shape index (κ2) is 3.11. The summed E-state index contributed by atoms with van der Waals surface area (Å²) in [6.45, 7) is 6.47. The summed E-state index contributed by atoms with van der Waals surface area (Å²) in [5, 5.41) is 2.67. The van der Waals surface area contributed by atoms with Gasteiger partial charge in [0, 0.05) is 21.8 Å². The molecule has 1 heterocycles. The van der Waals surface area contributed by atoms with Crippen LogP contribution in [0.2, 0.25) is 0 Å². The molecule has 0 atom stereocenters. The van der Waals surface area contributed by atoms with Crippen molar-refractivity contribution in [2.75, 3.05) is 0 Å². The maximum Gasteiger partial charge on any atom is 0.0467 e. The van der Waals surface area contributed by atoms with Gasteiger partial charge in [0.2, 0.25) is 0 Å². The highest BCUT2D eigenvalue weighted by Crippen LogP contribution is 2.28. The fraction of sp³-hybridized carbons (Fsp3) is 0.200. The smallest absolute Gasteiger partial charge is 0.0467 e. The summed E-state index contributed by atoms with van der Waals surface area (Å²) in [4.78, 5) is 3.47. The number of fused-ring (bicyclic) bond motifs is 3. The maximum absolute atomic E-state index is 3.47. The molecule has 0 bridgehead atoms. The highest BCUT2D eigenvalue weighted by atomic mass is 14.7. The summed E-state index contributed by atoms with van der Waals surface area (Å²) in [5.41, 5.74) is 6.48. The fourth-order valence-corrected chi connectivity index (χ4v) is 2.28. The van der Waals surface area contributed by atoms with Gasteiger partial charge in [-0.05, 0) is 56.2 Å². The quantitative estimate of drug-likeness (QED) is 0.569. The lowest BCUT2D eigenvalue weighted by Gasteiger charge is -1.99. The standard InChI is InChI=1S/C15H15N/c1-9-4-5-14-12(6-9)13-7-10(2)11(3)8-15(13)16-14/h4-8,16H,1-3H3. The van der Waals surface area contributed by atoms with Crippen LogP contribution in [0.15, 0.2) is 30.3 Å². The van der Waals surface area contributed by atoms with Gasteiger partial charge in [0.15, 0.2) is 0 Å². The molecule has 0 saturated heterocycles. The lowest BCUT2D eigenvalue weighted by Crippen LogP contribution is -1.79. The molecular weight excluding hydrogens is 194 g/mol. The van der Waals surface area contributed by atoms with Crippen molar-refractivity contribution in [3.8, 4) is 0 Å². The van der Waals surface area contributed by atoms with Crippen LogP contribution in [-0.4, -0.2) is 4.98 Å². The van der Waals surface area contributed by atoms with Crippen molar-refractivity contribution in [1.82, 2.24) is 4.98 Å². The van der Waals surface area contributed by atoms with Crippen molar-refractivity contribution in [3.05, 3.63) is 47.0 Å². The Bertz CT molecular complexity index is 689. The molecule has 1 aromatic heterocycles. The van der Waals surface area contributed by atoms with Gasteiger partial charge in [0.1, 0.15) is 0 Å². The van der Waals surface area contributed by atoms with Crippen LogP contribution in [0.25, 0.3) is 21.8 Å². The Morgan fingerprint density at radius 3 is 2.25 bits per heavy atom. The van der Waals surface area contributed by atoms with E-state index < -0.39 is 0 Å². The van der Waals surface area contributed by atoms with E-state index in [1.165, 1.54) is 38.5 Å². The van der Waals surface area contributed by atoms with Gasteiger partial charge < -0.3 is 4.98 Å². The summed E-state index contributed by atoms with van der Waals surface area (Å²) >= 11 is 0. The van der Waals surface area contributed by atoms with Crippen molar-refractivity contribution >= 4 is 21.8 Å². The number of benzene rings is 2. The number of hydrogen-bond donors (Lipinski definition) is 1. The summed E-state index contributed by atoms with van der Waals surface area (Å²) in [5.74, 6) is 0. The van der Waals surface area contributed by atoms with Crippen LogP contribution in [0.1, 0.15) is 16.7 Å². The van der Waals surface area contributed by atoms with Gasteiger partial charge in [-0.1, -0.05) is 11.6 Å². The van der Waals surface area contributed by atoms with E-state index in [0.29, 0.717) is 0 Å². The number of rotatable bonds is 0. The normalized spacial score (nSPS) is 11.4. The van der Waals surface area contributed by atoms with Gasteiger partial charge >= 0.3 is 0 Å².